The average molecular weight is 257 g/mol. The summed E-state index contributed by atoms with van der Waals surface area (Å²) in [5.74, 6) is 1.39. The lowest BCUT2D eigenvalue weighted by molar-refractivity contribution is -0.125. The molecule has 0 bridgehead atoms. The van der Waals surface area contributed by atoms with E-state index in [0.29, 0.717) is 18.5 Å². The summed E-state index contributed by atoms with van der Waals surface area (Å²) in [6.45, 7) is 8.51. The van der Waals surface area contributed by atoms with E-state index in [9.17, 15) is 4.79 Å². The molecular formula is C12H23N3OS. The molecule has 1 amide bonds. The van der Waals surface area contributed by atoms with Crippen molar-refractivity contribution in [1.82, 2.24) is 5.32 Å². The first kappa shape index (κ1) is 14.4. The van der Waals surface area contributed by atoms with Gasteiger partial charge in [0.05, 0.1) is 12.0 Å². The molecule has 0 aliphatic carbocycles. The van der Waals surface area contributed by atoms with Gasteiger partial charge in [-0.3, -0.25) is 9.79 Å². The van der Waals surface area contributed by atoms with E-state index in [1.165, 1.54) is 6.42 Å². The van der Waals surface area contributed by atoms with Crippen LogP contribution in [0.2, 0.25) is 0 Å². The van der Waals surface area contributed by atoms with Gasteiger partial charge >= 0.3 is 0 Å². The highest BCUT2D eigenvalue weighted by Gasteiger charge is 2.26. The van der Waals surface area contributed by atoms with Crippen LogP contribution in [-0.2, 0) is 4.79 Å². The molecule has 98 valence electrons. The van der Waals surface area contributed by atoms with Crippen molar-refractivity contribution in [2.75, 3.05) is 12.3 Å². The van der Waals surface area contributed by atoms with Crippen LogP contribution in [0, 0.1) is 11.3 Å². The van der Waals surface area contributed by atoms with Crippen LogP contribution in [0.4, 0.5) is 0 Å². The van der Waals surface area contributed by atoms with Crippen molar-refractivity contribution in [3.63, 3.8) is 0 Å². The van der Waals surface area contributed by atoms with Gasteiger partial charge in [0.15, 0.2) is 5.17 Å². The Morgan fingerprint density at radius 2 is 2.29 bits per heavy atom. The minimum atomic E-state index is -0.569. The zero-order chi connectivity index (χ0) is 13.1. The molecular weight excluding hydrogens is 234 g/mol. The fraction of sp³-hybridized carbons (Fsp3) is 0.833. The molecule has 17 heavy (non-hydrogen) atoms. The van der Waals surface area contributed by atoms with E-state index >= 15 is 0 Å². The first-order valence-electron chi connectivity index (χ1n) is 6.06. The van der Waals surface area contributed by atoms with Crippen molar-refractivity contribution in [3.05, 3.63) is 0 Å². The molecule has 3 N–H and O–H groups in total. The Labute approximate surface area is 108 Å². The summed E-state index contributed by atoms with van der Waals surface area (Å²) >= 11 is 1.72. The molecule has 1 saturated heterocycles. The Kier molecular flexibility index (Phi) is 4.86. The number of carbonyl (C=O) groups is 1. The van der Waals surface area contributed by atoms with Gasteiger partial charge in [-0.25, -0.2) is 0 Å². The van der Waals surface area contributed by atoms with E-state index in [2.05, 4.69) is 24.2 Å². The monoisotopic (exact) mass is 257 g/mol. The van der Waals surface area contributed by atoms with E-state index in [1.807, 2.05) is 13.8 Å². The third-order valence-electron chi connectivity index (χ3n) is 3.07. The van der Waals surface area contributed by atoms with Crippen LogP contribution in [0.1, 0.15) is 34.1 Å². The van der Waals surface area contributed by atoms with Crippen molar-refractivity contribution < 1.29 is 4.79 Å². The number of hydrogen-bond acceptors (Lipinski definition) is 3. The number of carbonyl (C=O) groups excluding carboxylic acids is 1. The molecule has 0 aromatic heterocycles. The standard InChI is InChI=1S/C12H23N3OS/c1-8(2)9-5-6-17-11(15-9)14-7-12(3,4)10(13)16/h8-9H,5-7H2,1-4H3,(H2,13,16)(H,14,15). The third kappa shape index (κ3) is 4.22. The number of nitrogens with zero attached hydrogens (tertiary/aromatic N) is 1. The van der Waals surface area contributed by atoms with E-state index in [0.717, 1.165) is 10.9 Å². The highest BCUT2D eigenvalue weighted by molar-refractivity contribution is 8.13. The molecule has 0 radical (unpaired) electrons. The number of amides is 1. The summed E-state index contributed by atoms with van der Waals surface area (Å²) in [5, 5.41) is 4.37. The predicted molar refractivity (Wildman–Crippen MR) is 74.1 cm³/mol. The second-order valence-corrected chi connectivity index (χ2v) is 6.59. The number of nitrogens with one attached hydrogen (secondary N) is 1. The SMILES string of the molecule is CC(C)C1CCSC(=NCC(C)(C)C(N)=O)N1. The number of thioether (sulfide) groups is 1. The van der Waals surface area contributed by atoms with Crippen LogP contribution < -0.4 is 11.1 Å². The Morgan fingerprint density at radius 3 is 2.82 bits per heavy atom. The molecule has 4 nitrogen and oxygen atoms in total. The number of aliphatic imine (C=N–C) groups is 1. The quantitative estimate of drug-likeness (QED) is 0.804. The van der Waals surface area contributed by atoms with Gasteiger partial charge in [0.1, 0.15) is 0 Å². The Hall–Kier alpha value is -0.710. The van der Waals surface area contributed by atoms with Crippen molar-refractivity contribution in [1.29, 1.82) is 0 Å². The maximum Gasteiger partial charge on any atom is 0.224 e. The highest BCUT2D eigenvalue weighted by Crippen LogP contribution is 2.20. The van der Waals surface area contributed by atoms with Crippen molar-refractivity contribution in [2.45, 2.75) is 40.2 Å². The topological polar surface area (TPSA) is 67.5 Å². The lowest BCUT2D eigenvalue weighted by Crippen LogP contribution is -2.42. The average Bonchev–Trinajstić information content (AvgIpc) is 2.26. The molecule has 1 unspecified atom stereocenters. The zero-order valence-electron chi connectivity index (χ0n) is 11.1. The van der Waals surface area contributed by atoms with Gasteiger partial charge in [0.25, 0.3) is 0 Å². The minimum Gasteiger partial charge on any atom is -0.369 e. The Morgan fingerprint density at radius 1 is 1.65 bits per heavy atom. The van der Waals surface area contributed by atoms with E-state index < -0.39 is 5.41 Å². The molecule has 1 aliphatic rings. The van der Waals surface area contributed by atoms with Crippen LogP contribution in [0.25, 0.3) is 0 Å². The van der Waals surface area contributed by atoms with Gasteiger partial charge in [-0.2, -0.15) is 0 Å². The number of amidine groups is 1. The van der Waals surface area contributed by atoms with E-state index in [4.69, 9.17) is 5.73 Å². The first-order chi connectivity index (χ1) is 7.83. The fourth-order valence-electron chi connectivity index (χ4n) is 1.49. The molecule has 1 fully saturated rings. The number of nitrogens with two attached hydrogens (primary N) is 1. The van der Waals surface area contributed by atoms with E-state index in [-0.39, 0.29) is 5.91 Å². The van der Waals surface area contributed by atoms with Gasteiger partial charge in [-0.1, -0.05) is 25.6 Å². The lowest BCUT2D eigenvalue weighted by atomic mass is 9.93. The van der Waals surface area contributed by atoms with Crippen LogP contribution in [0.15, 0.2) is 4.99 Å². The molecule has 1 rings (SSSR count). The molecule has 1 aliphatic heterocycles. The molecule has 1 atom stereocenters. The lowest BCUT2D eigenvalue weighted by Gasteiger charge is -2.29. The van der Waals surface area contributed by atoms with E-state index in [1.54, 1.807) is 11.8 Å². The van der Waals surface area contributed by atoms with Crippen LogP contribution in [0.5, 0.6) is 0 Å². The van der Waals surface area contributed by atoms with Crippen LogP contribution in [0.3, 0.4) is 0 Å². The molecule has 1 heterocycles. The third-order valence-corrected chi connectivity index (χ3v) is 4.03. The van der Waals surface area contributed by atoms with Gasteiger partial charge in [-0.15, -0.1) is 0 Å². The number of rotatable bonds is 4. The number of primary amides is 1. The van der Waals surface area contributed by atoms with Crippen molar-refractivity contribution >= 4 is 22.8 Å². The second kappa shape index (κ2) is 5.76. The summed E-state index contributed by atoms with van der Waals surface area (Å²) in [6, 6.07) is 0.492. The fourth-order valence-corrected chi connectivity index (χ4v) is 2.45. The molecule has 0 aromatic rings. The molecule has 0 saturated carbocycles. The summed E-state index contributed by atoms with van der Waals surface area (Å²) in [6.07, 6.45) is 1.17. The minimum absolute atomic E-state index is 0.303. The summed E-state index contributed by atoms with van der Waals surface area (Å²) < 4.78 is 0. The van der Waals surface area contributed by atoms with Gasteiger partial charge < -0.3 is 11.1 Å². The van der Waals surface area contributed by atoms with Gasteiger partial charge in [0, 0.05) is 11.8 Å². The van der Waals surface area contributed by atoms with Crippen LogP contribution in [-0.4, -0.2) is 29.4 Å². The zero-order valence-corrected chi connectivity index (χ0v) is 11.9. The highest BCUT2D eigenvalue weighted by atomic mass is 32.2. The molecule has 5 heteroatoms. The Bertz CT molecular complexity index is 313. The summed E-state index contributed by atoms with van der Waals surface area (Å²) in [4.78, 5) is 15.7. The predicted octanol–water partition coefficient (Wildman–Crippen LogP) is 1.60. The summed E-state index contributed by atoms with van der Waals surface area (Å²) in [5.41, 5.74) is 4.76. The summed E-state index contributed by atoms with van der Waals surface area (Å²) in [7, 11) is 0. The maximum atomic E-state index is 11.2. The normalized spacial score (nSPS) is 23.8. The number of hydrogen-bond donors (Lipinski definition) is 2. The largest absolute Gasteiger partial charge is 0.369 e. The molecule has 0 aromatic carbocycles. The van der Waals surface area contributed by atoms with Gasteiger partial charge in [-0.05, 0) is 26.2 Å². The first-order valence-corrected chi connectivity index (χ1v) is 7.05. The maximum absolute atomic E-state index is 11.2. The van der Waals surface area contributed by atoms with Gasteiger partial charge in [0.2, 0.25) is 5.91 Å². The van der Waals surface area contributed by atoms with Crippen molar-refractivity contribution in [3.8, 4) is 0 Å². The van der Waals surface area contributed by atoms with Crippen molar-refractivity contribution in [2.24, 2.45) is 22.1 Å². The smallest absolute Gasteiger partial charge is 0.224 e. The second-order valence-electron chi connectivity index (χ2n) is 5.50. The van der Waals surface area contributed by atoms with Crippen LogP contribution >= 0.6 is 11.8 Å². The molecule has 0 spiro atoms. The Balaban J connectivity index is 2.58.